The number of aromatic nitrogens is 2. The van der Waals surface area contributed by atoms with Crippen LogP contribution in [0.1, 0.15) is 50.7 Å². The standard InChI is InChI=1S/C26H27BrN4O/c1-16(2)21-9-6-10-22(17(3)4)25(21)30-26(32)28-20-8-5-7-18(13-20)23-15-31-14-19(27)11-12-24(31)29-23/h5-17H,1-4H3,(H2,28,30,32). The molecule has 0 radical (unpaired) electrons. The first-order valence-electron chi connectivity index (χ1n) is 10.8. The van der Waals surface area contributed by atoms with E-state index in [9.17, 15) is 4.79 Å². The zero-order valence-corrected chi connectivity index (χ0v) is 20.3. The zero-order valence-electron chi connectivity index (χ0n) is 18.7. The maximum atomic E-state index is 12.9. The van der Waals surface area contributed by atoms with Crippen LogP contribution in [0.2, 0.25) is 0 Å². The van der Waals surface area contributed by atoms with Crippen molar-refractivity contribution >= 4 is 39.0 Å². The lowest BCUT2D eigenvalue weighted by Crippen LogP contribution is -2.21. The predicted molar refractivity (Wildman–Crippen MR) is 136 cm³/mol. The molecule has 0 aliphatic rings. The number of rotatable bonds is 5. The van der Waals surface area contributed by atoms with E-state index in [4.69, 9.17) is 0 Å². The summed E-state index contributed by atoms with van der Waals surface area (Å²) in [6.45, 7) is 8.55. The van der Waals surface area contributed by atoms with Crippen molar-refractivity contribution < 1.29 is 4.79 Å². The molecule has 0 aliphatic heterocycles. The van der Waals surface area contributed by atoms with Gasteiger partial charge in [-0.2, -0.15) is 0 Å². The molecule has 2 N–H and O–H groups in total. The summed E-state index contributed by atoms with van der Waals surface area (Å²) in [7, 11) is 0. The van der Waals surface area contributed by atoms with Gasteiger partial charge in [0, 0.05) is 33.8 Å². The molecule has 6 heteroatoms. The van der Waals surface area contributed by atoms with Crippen molar-refractivity contribution in [3.8, 4) is 11.3 Å². The normalized spacial score (nSPS) is 11.3. The summed E-state index contributed by atoms with van der Waals surface area (Å²) in [4.78, 5) is 17.6. The molecular weight excluding hydrogens is 464 g/mol. The lowest BCUT2D eigenvalue weighted by Gasteiger charge is -2.20. The first-order chi connectivity index (χ1) is 15.3. The average Bonchev–Trinajstić information content (AvgIpc) is 3.17. The molecule has 0 saturated carbocycles. The molecule has 0 aliphatic carbocycles. The molecule has 0 unspecified atom stereocenters. The van der Waals surface area contributed by atoms with E-state index in [2.05, 4.69) is 77.4 Å². The Kier molecular flexibility index (Phi) is 6.33. The highest BCUT2D eigenvalue weighted by atomic mass is 79.9. The number of pyridine rings is 1. The highest BCUT2D eigenvalue weighted by Gasteiger charge is 2.16. The largest absolute Gasteiger partial charge is 0.323 e. The molecule has 2 aromatic carbocycles. The SMILES string of the molecule is CC(C)c1cccc(C(C)C)c1NC(=O)Nc1cccc(-c2cn3cc(Br)ccc3n2)c1. The second kappa shape index (κ2) is 9.17. The van der Waals surface area contributed by atoms with Crippen LogP contribution in [0.3, 0.4) is 0 Å². The molecule has 4 aromatic rings. The highest BCUT2D eigenvalue weighted by Crippen LogP contribution is 2.32. The third-order valence-electron chi connectivity index (χ3n) is 5.44. The van der Waals surface area contributed by atoms with Crippen LogP contribution < -0.4 is 10.6 Å². The number of hydrogen-bond donors (Lipinski definition) is 2. The van der Waals surface area contributed by atoms with E-state index in [1.165, 1.54) is 0 Å². The van der Waals surface area contributed by atoms with E-state index in [0.717, 1.165) is 38.2 Å². The van der Waals surface area contributed by atoms with Gasteiger partial charge >= 0.3 is 6.03 Å². The van der Waals surface area contributed by atoms with Crippen LogP contribution in [0.15, 0.2) is 71.5 Å². The van der Waals surface area contributed by atoms with Crippen LogP contribution in [0.4, 0.5) is 16.2 Å². The lowest BCUT2D eigenvalue weighted by molar-refractivity contribution is 0.262. The van der Waals surface area contributed by atoms with Gasteiger partial charge in [-0.15, -0.1) is 0 Å². The molecule has 2 amide bonds. The van der Waals surface area contributed by atoms with Crippen molar-refractivity contribution in [1.29, 1.82) is 0 Å². The third-order valence-corrected chi connectivity index (χ3v) is 5.91. The van der Waals surface area contributed by atoms with Gasteiger partial charge in [-0.3, -0.25) is 0 Å². The minimum Gasteiger partial charge on any atom is -0.308 e. The number of anilines is 2. The summed E-state index contributed by atoms with van der Waals surface area (Å²) in [5.74, 6) is 0.616. The molecule has 5 nitrogen and oxygen atoms in total. The quantitative estimate of drug-likeness (QED) is 0.301. The first-order valence-corrected chi connectivity index (χ1v) is 11.6. The van der Waals surface area contributed by atoms with Crippen LogP contribution in [0.5, 0.6) is 0 Å². The second-order valence-corrected chi connectivity index (χ2v) is 9.44. The number of nitrogens with zero attached hydrogens (tertiary/aromatic N) is 2. The van der Waals surface area contributed by atoms with Crippen molar-refractivity contribution in [2.75, 3.05) is 10.6 Å². The zero-order chi connectivity index (χ0) is 22.8. The Labute approximate surface area is 197 Å². The second-order valence-electron chi connectivity index (χ2n) is 8.52. The van der Waals surface area contributed by atoms with Crippen LogP contribution in [-0.4, -0.2) is 15.4 Å². The summed E-state index contributed by atoms with van der Waals surface area (Å²) >= 11 is 3.49. The number of fused-ring (bicyclic) bond motifs is 1. The summed E-state index contributed by atoms with van der Waals surface area (Å²) in [5, 5.41) is 6.09. The summed E-state index contributed by atoms with van der Waals surface area (Å²) in [5.41, 5.74) is 6.54. The number of imidazole rings is 1. The highest BCUT2D eigenvalue weighted by molar-refractivity contribution is 9.10. The van der Waals surface area contributed by atoms with E-state index < -0.39 is 0 Å². The molecule has 2 heterocycles. The number of urea groups is 1. The van der Waals surface area contributed by atoms with Gasteiger partial charge in [0.1, 0.15) is 5.65 Å². The Morgan fingerprint density at radius 1 is 0.906 bits per heavy atom. The van der Waals surface area contributed by atoms with Crippen molar-refractivity contribution in [3.63, 3.8) is 0 Å². The fraction of sp³-hybridized carbons (Fsp3) is 0.231. The van der Waals surface area contributed by atoms with E-state index >= 15 is 0 Å². The maximum absolute atomic E-state index is 12.9. The Hall–Kier alpha value is -3.12. The molecule has 0 spiro atoms. The van der Waals surface area contributed by atoms with Gasteiger partial charge in [0.15, 0.2) is 0 Å². The van der Waals surface area contributed by atoms with Crippen molar-refractivity contribution in [2.24, 2.45) is 0 Å². The number of para-hydroxylation sites is 1. The number of amides is 2. The number of benzene rings is 2. The van der Waals surface area contributed by atoms with E-state index in [-0.39, 0.29) is 6.03 Å². The first kappa shape index (κ1) is 22.1. The van der Waals surface area contributed by atoms with E-state index in [1.54, 1.807) is 0 Å². The van der Waals surface area contributed by atoms with Crippen molar-refractivity contribution in [1.82, 2.24) is 9.38 Å². The van der Waals surface area contributed by atoms with E-state index in [1.807, 2.05) is 53.2 Å². The molecule has 2 aromatic heterocycles. The van der Waals surface area contributed by atoms with Gasteiger partial charge in [-0.25, -0.2) is 9.78 Å². The molecule has 0 fully saturated rings. The molecule has 0 atom stereocenters. The van der Waals surface area contributed by atoms with Gasteiger partial charge in [0.25, 0.3) is 0 Å². The van der Waals surface area contributed by atoms with Crippen molar-refractivity contribution in [3.05, 3.63) is 82.6 Å². The maximum Gasteiger partial charge on any atom is 0.323 e. The minimum atomic E-state index is -0.254. The molecule has 32 heavy (non-hydrogen) atoms. The minimum absolute atomic E-state index is 0.254. The fourth-order valence-corrected chi connectivity index (χ4v) is 4.18. The van der Waals surface area contributed by atoms with Gasteiger partial charge in [0.05, 0.1) is 5.69 Å². The average molecular weight is 491 g/mol. The fourth-order valence-electron chi connectivity index (χ4n) is 3.83. The molecule has 0 bridgehead atoms. The molecule has 4 rings (SSSR count). The number of carbonyl (C=O) groups is 1. The molecular formula is C26H27BrN4O. The Morgan fingerprint density at radius 3 is 2.28 bits per heavy atom. The Bertz CT molecular complexity index is 1250. The monoisotopic (exact) mass is 490 g/mol. The van der Waals surface area contributed by atoms with Gasteiger partial charge in [-0.05, 0) is 63.2 Å². The van der Waals surface area contributed by atoms with Gasteiger partial charge in [-0.1, -0.05) is 58.0 Å². The van der Waals surface area contributed by atoms with Crippen molar-refractivity contribution in [2.45, 2.75) is 39.5 Å². The molecule has 0 saturated heterocycles. The van der Waals surface area contributed by atoms with Crippen LogP contribution in [0.25, 0.3) is 16.9 Å². The number of hydrogen-bond acceptors (Lipinski definition) is 2. The molecule has 164 valence electrons. The van der Waals surface area contributed by atoms with Gasteiger partial charge in [0.2, 0.25) is 0 Å². The predicted octanol–water partition coefficient (Wildman–Crippen LogP) is 7.65. The van der Waals surface area contributed by atoms with Crippen LogP contribution >= 0.6 is 15.9 Å². The summed E-state index contributed by atoms with van der Waals surface area (Å²) < 4.78 is 2.96. The number of nitrogens with one attached hydrogen (secondary N) is 2. The Balaban J connectivity index is 1.57. The summed E-state index contributed by atoms with van der Waals surface area (Å²) in [6.07, 6.45) is 3.95. The topological polar surface area (TPSA) is 58.4 Å². The number of carbonyl (C=O) groups excluding carboxylic acids is 1. The van der Waals surface area contributed by atoms with E-state index in [0.29, 0.717) is 17.5 Å². The summed E-state index contributed by atoms with van der Waals surface area (Å²) in [6, 6.07) is 17.6. The van der Waals surface area contributed by atoms with Gasteiger partial charge < -0.3 is 15.0 Å². The van der Waals surface area contributed by atoms with Crippen LogP contribution in [-0.2, 0) is 0 Å². The lowest BCUT2D eigenvalue weighted by atomic mass is 9.93. The van der Waals surface area contributed by atoms with Crippen LogP contribution in [0, 0.1) is 0 Å². The third kappa shape index (κ3) is 4.70. The Morgan fingerprint density at radius 2 is 1.59 bits per heavy atom. The smallest absolute Gasteiger partial charge is 0.308 e. The number of halogens is 1.